The second-order valence-electron chi connectivity index (χ2n) is 3.45. The Morgan fingerprint density at radius 1 is 1.50 bits per heavy atom. The van der Waals surface area contributed by atoms with Crippen LogP contribution in [0.2, 0.25) is 0 Å². The van der Waals surface area contributed by atoms with E-state index in [4.69, 9.17) is 5.11 Å². The van der Waals surface area contributed by atoms with Crippen LogP contribution in [0, 0.1) is 0 Å². The van der Waals surface area contributed by atoms with Crippen molar-refractivity contribution >= 4 is 12.1 Å². The summed E-state index contributed by atoms with van der Waals surface area (Å²) in [5.41, 5.74) is -0.515. The highest BCUT2D eigenvalue weighted by Gasteiger charge is 2.18. The lowest BCUT2D eigenvalue weighted by molar-refractivity contribution is -0.131. The number of ether oxygens (including phenoxy) is 1. The number of carboxylic acids is 1. The Labute approximate surface area is 82.7 Å². The van der Waals surface area contributed by atoms with Gasteiger partial charge in [0.2, 0.25) is 0 Å². The van der Waals surface area contributed by atoms with Crippen molar-refractivity contribution in [3.05, 3.63) is 12.2 Å². The maximum Gasteiger partial charge on any atom is 0.407 e. The van der Waals surface area contributed by atoms with Gasteiger partial charge >= 0.3 is 12.1 Å². The number of alkyl carbamates (subject to hydrolysis) is 1. The molecule has 0 unspecified atom stereocenters. The number of methoxy groups -OCH3 is 1. The van der Waals surface area contributed by atoms with Gasteiger partial charge in [0.05, 0.1) is 7.11 Å². The lowest BCUT2D eigenvalue weighted by Gasteiger charge is -2.23. The van der Waals surface area contributed by atoms with Gasteiger partial charge in [-0.25, -0.2) is 9.59 Å². The molecule has 0 aliphatic heterocycles. The Hall–Kier alpha value is -1.52. The molecule has 1 amide bonds. The summed E-state index contributed by atoms with van der Waals surface area (Å²) < 4.78 is 4.42. The Morgan fingerprint density at radius 2 is 2.07 bits per heavy atom. The molecule has 0 bridgehead atoms. The fraction of sp³-hybridized carbons (Fsp3) is 0.556. The van der Waals surface area contributed by atoms with E-state index in [-0.39, 0.29) is 0 Å². The van der Waals surface area contributed by atoms with E-state index in [1.807, 2.05) is 0 Å². The van der Waals surface area contributed by atoms with Crippen LogP contribution in [0.25, 0.3) is 0 Å². The van der Waals surface area contributed by atoms with E-state index in [0.717, 1.165) is 6.08 Å². The first-order valence-electron chi connectivity index (χ1n) is 4.13. The zero-order valence-corrected chi connectivity index (χ0v) is 8.53. The molecule has 0 aliphatic rings. The van der Waals surface area contributed by atoms with Crippen LogP contribution in [0.3, 0.4) is 0 Å². The smallest absolute Gasteiger partial charge is 0.407 e. The van der Waals surface area contributed by atoms with Crippen LogP contribution >= 0.6 is 0 Å². The molecule has 80 valence electrons. The van der Waals surface area contributed by atoms with E-state index in [1.54, 1.807) is 13.8 Å². The minimum absolute atomic E-state index is 0.425. The second-order valence-corrected chi connectivity index (χ2v) is 3.45. The van der Waals surface area contributed by atoms with Crippen LogP contribution in [0.15, 0.2) is 12.2 Å². The number of rotatable bonds is 4. The van der Waals surface area contributed by atoms with E-state index in [0.29, 0.717) is 6.42 Å². The summed E-state index contributed by atoms with van der Waals surface area (Å²) in [7, 11) is 1.28. The van der Waals surface area contributed by atoms with Gasteiger partial charge in [0.25, 0.3) is 0 Å². The molecule has 0 heterocycles. The number of amides is 1. The molecule has 0 aliphatic carbocycles. The average Bonchev–Trinajstić information content (AvgIpc) is 2.02. The van der Waals surface area contributed by atoms with Gasteiger partial charge in [-0.15, -0.1) is 0 Å². The molecule has 0 saturated heterocycles. The van der Waals surface area contributed by atoms with E-state index in [2.05, 4.69) is 10.1 Å². The molecule has 14 heavy (non-hydrogen) atoms. The Bertz CT molecular complexity index is 245. The van der Waals surface area contributed by atoms with Gasteiger partial charge in [-0.1, -0.05) is 6.08 Å². The van der Waals surface area contributed by atoms with Crippen molar-refractivity contribution in [3.8, 4) is 0 Å². The normalized spacial score (nSPS) is 11.4. The first kappa shape index (κ1) is 12.5. The van der Waals surface area contributed by atoms with Crippen LogP contribution in [-0.2, 0) is 9.53 Å². The highest BCUT2D eigenvalue weighted by atomic mass is 16.5. The quantitative estimate of drug-likeness (QED) is 0.669. The maximum absolute atomic E-state index is 10.9. The topological polar surface area (TPSA) is 75.6 Å². The molecule has 0 aromatic heterocycles. The molecule has 5 nitrogen and oxygen atoms in total. The highest BCUT2D eigenvalue weighted by Crippen LogP contribution is 2.08. The van der Waals surface area contributed by atoms with Gasteiger partial charge in [0, 0.05) is 11.6 Å². The van der Waals surface area contributed by atoms with Crippen molar-refractivity contribution in [1.29, 1.82) is 0 Å². The number of carbonyl (C=O) groups is 2. The van der Waals surface area contributed by atoms with Crippen molar-refractivity contribution in [2.75, 3.05) is 7.11 Å². The standard InChI is InChI=1S/C9H15NO4/c1-9(2,10-8(13)14-3)6-4-5-7(11)12/h4-5H,6H2,1-3H3,(H,10,13)(H,11,12)/b5-4+. The zero-order valence-electron chi connectivity index (χ0n) is 8.53. The molecular formula is C9H15NO4. The second kappa shape index (κ2) is 5.26. The van der Waals surface area contributed by atoms with Crippen LogP contribution in [0.4, 0.5) is 4.79 Å². The number of carbonyl (C=O) groups excluding carboxylic acids is 1. The lowest BCUT2D eigenvalue weighted by Crippen LogP contribution is -2.42. The van der Waals surface area contributed by atoms with Gasteiger partial charge in [-0.05, 0) is 20.3 Å². The third kappa shape index (κ3) is 6.05. The van der Waals surface area contributed by atoms with Crippen LogP contribution in [0.5, 0.6) is 0 Å². The Balaban J connectivity index is 4.07. The van der Waals surface area contributed by atoms with Crippen molar-refractivity contribution in [2.24, 2.45) is 0 Å². The molecule has 0 radical (unpaired) electrons. The van der Waals surface area contributed by atoms with E-state index < -0.39 is 17.6 Å². The number of nitrogens with one attached hydrogen (secondary N) is 1. The maximum atomic E-state index is 10.9. The molecule has 0 aromatic carbocycles. The van der Waals surface area contributed by atoms with Gasteiger partial charge < -0.3 is 15.2 Å². The number of carboxylic acid groups (broad SMARTS) is 1. The molecule has 0 fully saturated rings. The molecule has 0 aromatic rings. The van der Waals surface area contributed by atoms with Gasteiger partial charge in [-0.3, -0.25) is 0 Å². The third-order valence-corrected chi connectivity index (χ3v) is 1.51. The summed E-state index contributed by atoms with van der Waals surface area (Å²) in [5.74, 6) is -1.00. The van der Waals surface area contributed by atoms with Crippen LogP contribution < -0.4 is 5.32 Å². The zero-order chi connectivity index (χ0) is 11.2. The molecule has 0 rings (SSSR count). The Morgan fingerprint density at radius 3 is 2.50 bits per heavy atom. The lowest BCUT2D eigenvalue weighted by atomic mass is 10.0. The van der Waals surface area contributed by atoms with Gasteiger partial charge in [0.1, 0.15) is 0 Å². The number of hydrogen-bond donors (Lipinski definition) is 2. The summed E-state index contributed by atoms with van der Waals surface area (Å²) in [5, 5.41) is 10.9. The minimum Gasteiger partial charge on any atom is -0.478 e. The third-order valence-electron chi connectivity index (χ3n) is 1.51. The van der Waals surface area contributed by atoms with Crippen molar-refractivity contribution in [1.82, 2.24) is 5.32 Å². The summed E-state index contributed by atoms with van der Waals surface area (Å²) in [4.78, 5) is 21.0. The molecule has 0 saturated carbocycles. The monoisotopic (exact) mass is 201 g/mol. The van der Waals surface area contributed by atoms with Crippen molar-refractivity contribution < 1.29 is 19.4 Å². The summed E-state index contributed by atoms with van der Waals surface area (Å²) in [6.07, 6.45) is 2.42. The van der Waals surface area contributed by atoms with Crippen LogP contribution in [0.1, 0.15) is 20.3 Å². The van der Waals surface area contributed by atoms with Crippen LogP contribution in [-0.4, -0.2) is 29.8 Å². The first-order chi connectivity index (χ1) is 6.37. The SMILES string of the molecule is COC(=O)NC(C)(C)C/C=C/C(=O)O. The molecule has 2 N–H and O–H groups in total. The van der Waals surface area contributed by atoms with E-state index in [9.17, 15) is 9.59 Å². The predicted molar refractivity (Wildman–Crippen MR) is 51.0 cm³/mol. The molecule has 0 spiro atoms. The average molecular weight is 201 g/mol. The van der Waals surface area contributed by atoms with E-state index in [1.165, 1.54) is 13.2 Å². The van der Waals surface area contributed by atoms with Crippen molar-refractivity contribution in [2.45, 2.75) is 25.8 Å². The summed E-state index contributed by atoms with van der Waals surface area (Å²) in [6, 6.07) is 0. The number of aliphatic carboxylic acids is 1. The van der Waals surface area contributed by atoms with Crippen molar-refractivity contribution in [3.63, 3.8) is 0 Å². The largest absolute Gasteiger partial charge is 0.478 e. The summed E-state index contributed by atoms with van der Waals surface area (Å²) >= 11 is 0. The summed E-state index contributed by atoms with van der Waals surface area (Å²) in [6.45, 7) is 3.55. The molecule has 0 atom stereocenters. The van der Waals surface area contributed by atoms with Gasteiger partial charge in [0.15, 0.2) is 0 Å². The van der Waals surface area contributed by atoms with Gasteiger partial charge in [-0.2, -0.15) is 0 Å². The van der Waals surface area contributed by atoms with E-state index >= 15 is 0 Å². The predicted octanol–water partition coefficient (Wildman–Crippen LogP) is 1.15. The Kier molecular flexibility index (Phi) is 4.69. The fourth-order valence-electron chi connectivity index (χ4n) is 0.833. The molecular weight excluding hydrogens is 186 g/mol. The highest BCUT2D eigenvalue weighted by molar-refractivity contribution is 5.79. The number of hydrogen-bond acceptors (Lipinski definition) is 3. The fourth-order valence-corrected chi connectivity index (χ4v) is 0.833. The molecule has 5 heteroatoms. The minimum atomic E-state index is -1.00. The first-order valence-corrected chi connectivity index (χ1v) is 4.13.